The Hall–Kier alpha value is -3.15. The van der Waals surface area contributed by atoms with E-state index in [1.807, 2.05) is 0 Å². The van der Waals surface area contributed by atoms with Crippen LogP contribution in [0.15, 0.2) is 11.3 Å². The Bertz CT molecular complexity index is 923. The number of hydrogen-bond donors (Lipinski definition) is 5. The maximum Gasteiger partial charge on any atom is 0.326 e. The number of H-pyrrole nitrogens is 1. The van der Waals surface area contributed by atoms with E-state index in [4.69, 9.17) is 23.1 Å². The van der Waals surface area contributed by atoms with Crippen molar-refractivity contribution in [3.05, 3.63) is 11.6 Å². The number of halogens is 1. The summed E-state index contributed by atoms with van der Waals surface area (Å²) in [6.07, 6.45) is 3.88. The van der Waals surface area contributed by atoms with Gasteiger partial charge in [-0.15, -0.1) is 0 Å². The first-order valence-electron chi connectivity index (χ1n) is 9.06. The number of hydrogen-bond acceptors (Lipinski definition) is 7. The highest BCUT2D eigenvalue weighted by atomic mass is 35.5. The summed E-state index contributed by atoms with van der Waals surface area (Å²) in [6.45, 7) is 0.219. The zero-order valence-electron chi connectivity index (χ0n) is 15.5. The fraction of sp³-hybridized carbons (Fsp3) is 0.500. The number of fused-ring (bicyclic) bond motifs is 1. The summed E-state index contributed by atoms with van der Waals surface area (Å²) in [7, 11) is 0. The van der Waals surface area contributed by atoms with E-state index in [9.17, 15) is 14.7 Å². The number of aliphatic carboxylic acids is 1. The average molecular weight is 424 g/mol. The summed E-state index contributed by atoms with van der Waals surface area (Å²) in [5.74, 6) is -1.15. The zero-order chi connectivity index (χ0) is 21.0. The first kappa shape index (κ1) is 20.6. The number of guanidine groups is 1. The maximum atomic E-state index is 12.6. The number of anilines is 1. The quantitative estimate of drug-likeness (QED) is 0.146. The van der Waals surface area contributed by atoms with Crippen molar-refractivity contribution in [1.29, 1.82) is 0 Å². The number of nitrogens with one attached hydrogen (secondary N) is 2. The first-order valence-corrected chi connectivity index (χ1v) is 9.43. The predicted octanol–water partition coefficient (Wildman–Crippen LogP) is -0.402. The van der Waals surface area contributed by atoms with Crippen LogP contribution in [0.5, 0.6) is 0 Å². The van der Waals surface area contributed by atoms with Crippen LogP contribution < -0.4 is 21.7 Å². The van der Waals surface area contributed by atoms with Crippen LogP contribution in [0.2, 0.25) is 5.28 Å². The number of rotatable bonds is 10. The van der Waals surface area contributed by atoms with Crippen LogP contribution in [0, 0.1) is 0 Å². The van der Waals surface area contributed by atoms with Gasteiger partial charge < -0.3 is 31.8 Å². The molecule has 156 valence electrons. The van der Waals surface area contributed by atoms with Crippen molar-refractivity contribution >= 4 is 46.4 Å². The van der Waals surface area contributed by atoms with Crippen molar-refractivity contribution in [3.63, 3.8) is 0 Å². The monoisotopic (exact) mass is 423 g/mol. The molecule has 0 aliphatic heterocycles. The van der Waals surface area contributed by atoms with Crippen LogP contribution in [0.25, 0.3) is 11.2 Å². The minimum absolute atomic E-state index is 0.0220. The van der Waals surface area contributed by atoms with Gasteiger partial charge in [0.1, 0.15) is 11.6 Å². The van der Waals surface area contributed by atoms with Gasteiger partial charge in [-0.1, -0.05) is 0 Å². The maximum absolute atomic E-state index is 12.6. The summed E-state index contributed by atoms with van der Waals surface area (Å²) in [5.41, 5.74) is 11.5. The molecule has 3 rings (SSSR count). The van der Waals surface area contributed by atoms with Gasteiger partial charge in [0.05, 0.1) is 12.9 Å². The molecule has 1 atom stereocenters. The Kier molecular flexibility index (Phi) is 6.32. The lowest BCUT2D eigenvalue weighted by Crippen LogP contribution is -2.46. The van der Waals surface area contributed by atoms with Crippen molar-refractivity contribution < 1.29 is 14.7 Å². The molecular weight excluding hydrogens is 402 g/mol. The molecule has 13 heteroatoms. The predicted molar refractivity (Wildman–Crippen MR) is 107 cm³/mol. The van der Waals surface area contributed by atoms with E-state index >= 15 is 0 Å². The van der Waals surface area contributed by atoms with Gasteiger partial charge in [0.2, 0.25) is 11.2 Å². The summed E-state index contributed by atoms with van der Waals surface area (Å²) in [6, 6.07) is -0.928. The molecule has 1 aliphatic carbocycles. The number of nitrogens with two attached hydrogens (primary N) is 2. The molecule has 0 bridgehead atoms. The molecule has 7 N–H and O–H groups in total. The lowest BCUT2D eigenvalue weighted by molar-refractivity contribution is -0.141. The number of carboxylic acids is 1. The fourth-order valence-corrected chi connectivity index (χ4v) is 3.08. The van der Waals surface area contributed by atoms with Crippen LogP contribution in [-0.2, 0) is 9.59 Å². The molecule has 0 spiro atoms. The number of carbonyl (C=O) groups is 2. The third-order valence-electron chi connectivity index (χ3n) is 4.39. The van der Waals surface area contributed by atoms with Crippen LogP contribution in [0.4, 0.5) is 5.82 Å². The number of nitrogens with zero attached hydrogens (tertiary/aromatic N) is 5. The van der Waals surface area contributed by atoms with Gasteiger partial charge in [0.15, 0.2) is 17.4 Å². The minimum atomic E-state index is -1.12. The highest BCUT2D eigenvalue weighted by molar-refractivity contribution is 6.28. The van der Waals surface area contributed by atoms with E-state index < -0.39 is 17.9 Å². The zero-order valence-corrected chi connectivity index (χ0v) is 16.3. The van der Waals surface area contributed by atoms with Gasteiger partial charge in [-0.3, -0.25) is 9.79 Å². The van der Waals surface area contributed by atoms with E-state index in [-0.39, 0.29) is 36.8 Å². The molecule has 12 nitrogen and oxygen atoms in total. The van der Waals surface area contributed by atoms with E-state index in [0.29, 0.717) is 23.4 Å². The Morgan fingerprint density at radius 3 is 2.83 bits per heavy atom. The second-order valence-corrected chi connectivity index (χ2v) is 7.02. The lowest BCUT2D eigenvalue weighted by Gasteiger charge is -2.24. The molecular formula is C16H22ClN9O3. The van der Waals surface area contributed by atoms with Crippen LogP contribution in [-0.4, -0.2) is 68.1 Å². The van der Waals surface area contributed by atoms with Gasteiger partial charge in [-0.2, -0.15) is 9.97 Å². The SMILES string of the molecule is NC(N)=NCCC[C@H](NC(=O)CN(c1nc(Cl)nc2nc[nH]c12)C1CC1)C(=O)O. The second kappa shape index (κ2) is 8.90. The molecule has 0 unspecified atom stereocenters. The van der Waals surface area contributed by atoms with Crippen molar-refractivity contribution in [2.75, 3.05) is 18.0 Å². The molecule has 1 aliphatic rings. The van der Waals surface area contributed by atoms with Gasteiger partial charge >= 0.3 is 5.97 Å². The molecule has 0 radical (unpaired) electrons. The van der Waals surface area contributed by atoms with Gasteiger partial charge in [-0.05, 0) is 37.3 Å². The molecule has 0 aromatic carbocycles. The highest BCUT2D eigenvalue weighted by Crippen LogP contribution is 2.33. The number of carboxylic acid groups (broad SMARTS) is 1. The van der Waals surface area contributed by atoms with Crippen molar-refractivity contribution in [2.24, 2.45) is 16.5 Å². The Morgan fingerprint density at radius 2 is 2.17 bits per heavy atom. The van der Waals surface area contributed by atoms with E-state index in [1.54, 1.807) is 4.90 Å². The molecule has 1 amide bonds. The third-order valence-corrected chi connectivity index (χ3v) is 4.56. The lowest BCUT2D eigenvalue weighted by atomic mass is 10.1. The Labute approximate surface area is 170 Å². The molecule has 2 aromatic rings. The van der Waals surface area contributed by atoms with E-state index in [1.165, 1.54) is 6.33 Å². The summed E-state index contributed by atoms with van der Waals surface area (Å²) in [5, 5.41) is 12.0. The Balaban J connectivity index is 1.68. The number of aromatic amines is 1. The summed E-state index contributed by atoms with van der Waals surface area (Å²) in [4.78, 5) is 45.0. The van der Waals surface area contributed by atoms with Crippen LogP contribution >= 0.6 is 11.6 Å². The minimum Gasteiger partial charge on any atom is -0.480 e. The smallest absolute Gasteiger partial charge is 0.326 e. The number of aliphatic imine (C=N–C) groups is 1. The van der Waals surface area contributed by atoms with Crippen LogP contribution in [0.1, 0.15) is 25.7 Å². The molecule has 1 fully saturated rings. The highest BCUT2D eigenvalue weighted by Gasteiger charge is 2.34. The normalized spacial score (nSPS) is 14.4. The topological polar surface area (TPSA) is 188 Å². The Morgan fingerprint density at radius 1 is 1.41 bits per heavy atom. The number of imidazole rings is 1. The molecule has 2 heterocycles. The number of carbonyl (C=O) groups excluding carboxylic acids is 1. The summed E-state index contributed by atoms with van der Waals surface area (Å²) < 4.78 is 0. The fourth-order valence-electron chi connectivity index (χ4n) is 2.92. The standard InChI is InChI=1S/C16H22ClN9O3/c17-15-24-12-11(21-7-22-12)13(25-15)26(8-3-4-8)6-10(27)23-9(14(28)29)2-1-5-20-16(18)19/h7-9H,1-6H2,(H,23,27)(H,28,29)(H4,18,19,20)(H,21,22,24,25)/t9-/m0/s1. The molecule has 29 heavy (non-hydrogen) atoms. The molecule has 0 saturated heterocycles. The molecule has 2 aromatic heterocycles. The summed E-state index contributed by atoms with van der Waals surface area (Å²) >= 11 is 6.00. The second-order valence-electron chi connectivity index (χ2n) is 6.68. The van der Waals surface area contributed by atoms with Gasteiger partial charge in [-0.25, -0.2) is 9.78 Å². The van der Waals surface area contributed by atoms with Gasteiger partial charge in [0, 0.05) is 12.6 Å². The van der Waals surface area contributed by atoms with Crippen molar-refractivity contribution in [1.82, 2.24) is 25.3 Å². The number of amides is 1. The van der Waals surface area contributed by atoms with E-state index in [2.05, 4.69) is 30.2 Å². The van der Waals surface area contributed by atoms with Crippen molar-refractivity contribution in [3.8, 4) is 0 Å². The number of aromatic nitrogens is 4. The van der Waals surface area contributed by atoms with Crippen LogP contribution in [0.3, 0.4) is 0 Å². The van der Waals surface area contributed by atoms with E-state index in [0.717, 1.165) is 12.8 Å². The average Bonchev–Trinajstić information content (AvgIpc) is 3.38. The first-order chi connectivity index (χ1) is 13.8. The van der Waals surface area contributed by atoms with Gasteiger partial charge in [0.25, 0.3) is 0 Å². The molecule has 1 saturated carbocycles. The largest absolute Gasteiger partial charge is 0.480 e. The van der Waals surface area contributed by atoms with Crippen molar-refractivity contribution in [2.45, 2.75) is 37.8 Å². The third kappa shape index (κ3) is 5.44.